The van der Waals surface area contributed by atoms with E-state index in [1.165, 1.54) is 4.90 Å². The van der Waals surface area contributed by atoms with Crippen molar-refractivity contribution in [1.29, 1.82) is 0 Å². The SMILES string of the molecule is CCCCc1ccc(C(=O)OC2N(C)CC[N+]2([O-])c2nnc(C(F)(F)F)s2)cc1. The lowest BCUT2D eigenvalue weighted by Crippen LogP contribution is -2.53. The highest BCUT2D eigenvalue weighted by molar-refractivity contribution is 7.15. The largest absolute Gasteiger partial charge is 0.622 e. The quantitative estimate of drug-likeness (QED) is 0.394. The molecule has 1 aliphatic heterocycles. The topological polar surface area (TPSA) is 78.4 Å². The van der Waals surface area contributed by atoms with Crippen LogP contribution in [0.1, 0.15) is 40.7 Å². The first-order valence-electron chi connectivity index (χ1n) is 9.15. The maximum absolute atomic E-state index is 13.3. The van der Waals surface area contributed by atoms with E-state index in [0.717, 1.165) is 24.8 Å². The number of halogens is 3. The second-order valence-corrected chi connectivity index (χ2v) is 7.88. The third-order valence-corrected chi connectivity index (χ3v) is 5.80. The van der Waals surface area contributed by atoms with Crippen LogP contribution in [0.5, 0.6) is 0 Å². The minimum Gasteiger partial charge on any atom is -0.622 e. The smallest absolute Gasteiger partial charge is 0.445 e. The first kappa shape index (κ1) is 21.6. The van der Waals surface area contributed by atoms with Crippen LogP contribution in [0.3, 0.4) is 0 Å². The molecule has 2 atom stereocenters. The number of carbonyl (C=O) groups excluding carboxylic acids is 1. The van der Waals surface area contributed by atoms with Crippen molar-refractivity contribution in [3.8, 4) is 0 Å². The van der Waals surface area contributed by atoms with Gasteiger partial charge in [-0.3, -0.25) is 4.65 Å². The van der Waals surface area contributed by atoms with E-state index >= 15 is 0 Å². The van der Waals surface area contributed by atoms with Gasteiger partial charge in [0.25, 0.3) is 0 Å². The van der Waals surface area contributed by atoms with Gasteiger partial charge in [0.05, 0.1) is 12.1 Å². The fourth-order valence-corrected chi connectivity index (χ4v) is 3.83. The number of hydrogen-bond acceptors (Lipinski definition) is 7. The molecule has 0 radical (unpaired) electrons. The van der Waals surface area contributed by atoms with Crippen molar-refractivity contribution in [1.82, 2.24) is 19.7 Å². The van der Waals surface area contributed by atoms with Crippen molar-refractivity contribution >= 4 is 22.4 Å². The van der Waals surface area contributed by atoms with Crippen LogP contribution < -0.4 is 4.65 Å². The standard InChI is InChI=1S/C18H21F3N4O3S/c1-3-4-5-12-6-8-13(9-7-12)14(26)28-17-24(2)10-11-25(17,27)16-23-22-15(29-16)18(19,20)21/h6-9,17H,3-5,10-11H2,1-2H3. The Balaban J connectivity index is 1.77. The van der Waals surface area contributed by atoms with E-state index in [9.17, 15) is 23.2 Å². The second kappa shape index (κ2) is 8.34. The van der Waals surface area contributed by atoms with Crippen molar-refractivity contribution in [2.75, 3.05) is 20.1 Å². The molecule has 0 bridgehead atoms. The third-order valence-electron chi connectivity index (χ3n) is 4.72. The molecule has 29 heavy (non-hydrogen) atoms. The summed E-state index contributed by atoms with van der Waals surface area (Å²) in [7, 11) is 1.56. The van der Waals surface area contributed by atoms with Crippen LogP contribution in [-0.2, 0) is 17.3 Å². The Morgan fingerprint density at radius 1 is 1.34 bits per heavy atom. The van der Waals surface area contributed by atoms with Gasteiger partial charge < -0.3 is 9.94 Å². The number of alkyl halides is 3. The number of likely N-dealkylation sites (N-methyl/N-ethyl adjacent to an activating group) is 1. The molecule has 3 rings (SSSR count). The maximum atomic E-state index is 13.3. The average Bonchev–Trinajstić information content (AvgIpc) is 3.29. The van der Waals surface area contributed by atoms with Crippen LogP contribution in [0.4, 0.5) is 18.3 Å². The van der Waals surface area contributed by atoms with Gasteiger partial charge in [-0.25, -0.2) is 9.69 Å². The summed E-state index contributed by atoms with van der Waals surface area (Å²) in [5.41, 5.74) is 1.36. The van der Waals surface area contributed by atoms with Gasteiger partial charge in [0.1, 0.15) is 6.54 Å². The molecular weight excluding hydrogens is 409 g/mol. The number of rotatable bonds is 6. The molecule has 2 heterocycles. The summed E-state index contributed by atoms with van der Waals surface area (Å²) in [6.07, 6.45) is -3.03. The monoisotopic (exact) mass is 430 g/mol. The van der Waals surface area contributed by atoms with Gasteiger partial charge in [-0.1, -0.05) is 30.6 Å². The van der Waals surface area contributed by atoms with E-state index < -0.39 is 33.3 Å². The molecule has 0 N–H and O–H groups in total. The number of aromatic nitrogens is 2. The van der Waals surface area contributed by atoms with Crippen LogP contribution in [-0.4, -0.2) is 47.6 Å². The molecule has 2 unspecified atom stereocenters. The summed E-state index contributed by atoms with van der Waals surface area (Å²) >= 11 is 0.169. The summed E-state index contributed by atoms with van der Waals surface area (Å²) in [5.74, 6) is -0.718. The van der Waals surface area contributed by atoms with Crippen LogP contribution >= 0.6 is 11.3 Å². The van der Waals surface area contributed by atoms with Gasteiger partial charge in [0.2, 0.25) is 5.01 Å². The normalized spacial score (nSPS) is 22.8. The molecule has 1 fully saturated rings. The van der Waals surface area contributed by atoms with Crippen molar-refractivity contribution in [3.63, 3.8) is 0 Å². The number of carbonyl (C=O) groups is 1. The lowest BCUT2D eigenvalue weighted by Gasteiger charge is -2.39. The zero-order valence-electron chi connectivity index (χ0n) is 16.0. The molecule has 11 heteroatoms. The Bertz CT molecular complexity index is 859. The Hall–Kier alpha value is -2.08. The summed E-state index contributed by atoms with van der Waals surface area (Å²) < 4.78 is 42.6. The van der Waals surface area contributed by atoms with Crippen LogP contribution in [0, 0.1) is 5.21 Å². The van der Waals surface area contributed by atoms with E-state index in [2.05, 4.69) is 17.1 Å². The first-order chi connectivity index (χ1) is 13.6. The van der Waals surface area contributed by atoms with Crippen molar-refractivity contribution in [2.45, 2.75) is 38.7 Å². The molecule has 0 saturated carbocycles. The number of nitrogens with zero attached hydrogens (tertiary/aromatic N) is 4. The molecule has 1 saturated heterocycles. The Kier molecular flexibility index (Phi) is 6.22. The predicted molar refractivity (Wildman–Crippen MR) is 102 cm³/mol. The maximum Gasteiger partial charge on any atom is 0.445 e. The lowest BCUT2D eigenvalue weighted by atomic mass is 10.1. The molecule has 1 aromatic heterocycles. The zero-order valence-corrected chi connectivity index (χ0v) is 16.8. The number of benzene rings is 1. The van der Waals surface area contributed by atoms with Gasteiger partial charge >= 0.3 is 23.6 Å². The summed E-state index contributed by atoms with van der Waals surface area (Å²) in [6, 6.07) is 6.89. The molecule has 158 valence electrons. The molecule has 1 aliphatic rings. The lowest BCUT2D eigenvalue weighted by molar-refractivity contribution is -0.138. The zero-order chi connectivity index (χ0) is 21.2. The van der Waals surface area contributed by atoms with Crippen molar-refractivity contribution in [2.24, 2.45) is 0 Å². The second-order valence-electron chi connectivity index (χ2n) is 6.92. The first-order valence-corrected chi connectivity index (χ1v) is 9.97. The Morgan fingerprint density at radius 3 is 2.62 bits per heavy atom. The Labute approximate surface area is 169 Å². The average molecular weight is 430 g/mol. The molecule has 2 aromatic rings. The van der Waals surface area contributed by atoms with Crippen LogP contribution in [0.25, 0.3) is 0 Å². The molecular formula is C18H21F3N4O3S. The van der Waals surface area contributed by atoms with Gasteiger partial charge in [0.15, 0.2) is 0 Å². The highest BCUT2D eigenvalue weighted by Crippen LogP contribution is 2.39. The highest BCUT2D eigenvalue weighted by Gasteiger charge is 2.48. The molecule has 7 nitrogen and oxygen atoms in total. The highest BCUT2D eigenvalue weighted by atomic mass is 32.1. The number of unbranched alkanes of at least 4 members (excludes halogenated alkanes) is 1. The van der Waals surface area contributed by atoms with Gasteiger partial charge in [-0.05, 0) is 48.9 Å². The number of quaternary nitrogens is 1. The van der Waals surface area contributed by atoms with Crippen molar-refractivity contribution in [3.05, 3.63) is 45.6 Å². The molecule has 0 amide bonds. The third kappa shape index (κ3) is 4.58. The molecule has 0 spiro atoms. The number of esters is 1. The minimum absolute atomic E-state index is 0.100. The van der Waals surface area contributed by atoms with Crippen LogP contribution in [0.2, 0.25) is 0 Å². The van der Waals surface area contributed by atoms with Crippen molar-refractivity contribution < 1.29 is 22.7 Å². The predicted octanol–water partition coefficient (Wildman–Crippen LogP) is 3.79. The Morgan fingerprint density at radius 2 is 2.03 bits per heavy atom. The molecule has 1 aromatic carbocycles. The summed E-state index contributed by atoms with van der Waals surface area (Å²) in [6.45, 7) is 2.22. The minimum atomic E-state index is -4.69. The van der Waals surface area contributed by atoms with E-state index in [1.54, 1.807) is 19.2 Å². The fourth-order valence-electron chi connectivity index (χ4n) is 3.05. The van der Waals surface area contributed by atoms with E-state index in [0.29, 0.717) is 0 Å². The number of ether oxygens (including phenoxy) is 1. The number of aryl methyl sites for hydroxylation is 1. The number of hydroxylamine groups is 2. The summed E-state index contributed by atoms with van der Waals surface area (Å²) in [4.78, 5) is 14.0. The van der Waals surface area contributed by atoms with Gasteiger partial charge in [-0.15, -0.1) is 5.10 Å². The van der Waals surface area contributed by atoms with E-state index in [4.69, 9.17) is 4.74 Å². The van der Waals surface area contributed by atoms with Crippen LogP contribution in [0.15, 0.2) is 24.3 Å². The molecule has 0 aliphatic carbocycles. The van der Waals surface area contributed by atoms with E-state index in [-0.39, 0.29) is 30.0 Å². The van der Waals surface area contributed by atoms with Gasteiger partial charge in [-0.2, -0.15) is 13.2 Å². The fraction of sp³-hybridized carbons (Fsp3) is 0.500. The van der Waals surface area contributed by atoms with Gasteiger partial charge in [0, 0.05) is 0 Å². The van der Waals surface area contributed by atoms with E-state index in [1.807, 2.05) is 12.1 Å². The summed E-state index contributed by atoms with van der Waals surface area (Å²) in [5, 5.41) is 18.2. The number of hydrogen-bond donors (Lipinski definition) is 0.